The molecule has 1 aliphatic heterocycles. The Morgan fingerprint density at radius 3 is 3.14 bits per heavy atom. The van der Waals surface area contributed by atoms with Crippen LogP contribution in [-0.2, 0) is 9.47 Å². The van der Waals surface area contributed by atoms with Crippen LogP contribution in [0.1, 0.15) is 35.0 Å². The van der Waals surface area contributed by atoms with Crippen LogP contribution in [0.5, 0.6) is 0 Å². The van der Waals surface area contributed by atoms with Crippen molar-refractivity contribution in [3.8, 4) is 0 Å². The summed E-state index contributed by atoms with van der Waals surface area (Å²) in [5.74, 6) is 0.456. The molecular formula is C15H19N3O3S. The molecule has 0 aromatic carbocycles. The summed E-state index contributed by atoms with van der Waals surface area (Å²) in [5, 5.41) is 4.23. The Kier molecular flexibility index (Phi) is 4.54. The number of anilines is 1. The number of rotatable bonds is 5. The van der Waals surface area contributed by atoms with E-state index in [1.165, 1.54) is 17.7 Å². The molecule has 0 spiro atoms. The van der Waals surface area contributed by atoms with Crippen LogP contribution in [0, 0.1) is 6.92 Å². The van der Waals surface area contributed by atoms with Gasteiger partial charge < -0.3 is 14.8 Å². The number of thiophene rings is 1. The minimum Gasteiger partial charge on any atom is -0.462 e. The predicted octanol–water partition coefficient (Wildman–Crippen LogP) is 2.77. The van der Waals surface area contributed by atoms with E-state index >= 15 is 0 Å². The highest BCUT2D eigenvalue weighted by Gasteiger charge is 2.21. The van der Waals surface area contributed by atoms with Gasteiger partial charge in [-0.3, -0.25) is 0 Å². The van der Waals surface area contributed by atoms with E-state index in [-0.39, 0.29) is 12.1 Å². The van der Waals surface area contributed by atoms with E-state index in [9.17, 15) is 4.79 Å². The second-order valence-corrected chi connectivity index (χ2v) is 6.19. The number of carbonyl (C=O) groups is 1. The first-order valence-corrected chi connectivity index (χ1v) is 8.29. The summed E-state index contributed by atoms with van der Waals surface area (Å²) in [7, 11) is 0. The van der Waals surface area contributed by atoms with Gasteiger partial charge >= 0.3 is 5.97 Å². The number of nitrogens with one attached hydrogen (secondary N) is 1. The van der Waals surface area contributed by atoms with Crippen molar-refractivity contribution in [1.82, 2.24) is 9.97 Å². The van der Waals surface area contributed by atoms with Gasteiger partial charge in [0.05, 0.1) is 18.1 Å². The monoisotopic (exact) mass is 321 g/mol. The minimum absolute atomic E-state index is 0.230. The van der Waals surface area contributed by atoms with Crippen LogP contribution < -0.4 is 5.32 Å². The Morgan fingerprint density at radius 2 is 2.41 bits per heavy atom. The second-order valence-electron chi connectivity index (χ2n) is 5.20. The van der Waals surface area contributed by atoms with Gasteiger partial charge in [-0.05, 0) is 32.3 Å². The standard InChI is InChI=1S/C15H19N3O3S/c1-3-20-15(19)12-9(2)11-13(17-8-18-14(11)22-12)16-7-10-5-4-6-21-10/h8,10H,3-7H2,1-2H3,(H,16,17,18). The van der Waals surface area contributed by atoms with Crippen molar-refractivity contribution in [3.05, 3.63) is 16.8 Å². The molecule has 1 aliphatic rings. The molecule has 3 rings (SSSR count). The average Bonchev–Trinajstić information content (AvgIpc) is 3.14. The highest BCUT2D eigenvalue weighted by Crippen LogP contribution is 2.33. The highest BCUT2D eigenvalue weighted by molar-refractivity contribution is 7.20. The second kappa shape index (κ2) is 6.58. The molecule has 3 heterocycles. The largest absolute Gasteiger partial charge is 0.462 e. The van der Waals surface area contributed by atoms with Gasteiger partial charge in [-0.2, -0.15) is 0 Å². The third kappa shape index (κ3) is 2.91. The fourth-order valence-corrected chi connectivity index (χ4v) is 3.66. The number of hydrogen-bond acceptors (Lipinski definition) is 7. The van der Waals surface area contributed by atoms with E-state index in [1.54, 1.807) is 6.92 Å². The number of ether oxygens (including phenoxy) is 2. The molecule has 22 heavy (non-hydrogen) atoms. The quantitative estimate of drug-likeness (QED) is 0.854. The van der Waals surface area contributed by atoms with Crippen LogP contribution in [0.2, 0.25) is 0 Å². The van der Waals surface area contributed by atoms with Crippen LogP contribution in [0.3, 0.4) is 0 Å². The Hall–Kier alpha value is -1.73. The van der Waals surface area contributed by atoms with Gasteiger partial charge in [0.25, 0.3) is 0 Å². The first-order chi connectivity index (χ1) is 10.7. The Bertz CT molecular complexity index is 680. The number of aromatic nitrogens is 2. The van der Waals surface area contributed by atoms with Crippen LogP contribution in [0.4, 0.5) is 5.82 Å². The lowest BCUT2D eigenvalue weighted by atomic mass is 10.2. The lowest BCUT2D eigenvalue weighted by Crippen LogP contribution is -2.19. The maximum absolute atomic E-state index is 12.0. The molecule has 6 nitrogen and oxygen atoms in total. The molecule has 0 radical (unpaired) electrons. The van der Waals surface area contributed by atoms with E-state index in [4.69, 9.17) is 9.47 Å². The highest BCUT2D eigenvalue weighted by atomic mass is 32.1. The van der Waals surface area contributed by atoms with E-state index in [1.807, 2.05) is 6.92 Å². The summed E-state index contributed by atoms with van der Waals surface area (Å²) < 4.78 is 10.7. The third-order valence-electron chi connectivity index (χ3n) is 3.71. The van der Waals surface area contributed by atoms with E-state index in [0.717, 1.165) is 47.6 Å². The Balaban J connectivity index is 1.88. The predicted molar refractivity (Wildman–Crippen MR) is 85.6 cm³/mol. The fraction of sp³-hybridized carbons (Fsp3) is 0.533. The van der Waals surface area contributed by atoms with E-state index in [2.05, 4.69) is 15.3 Å². The van der Waals surface area contributed by atoms with Crippen LogP contribution in [-0.4, -0.2) is 41.8 Å². The summed E-state index contributed by atoms with van der Waals surface area (Å²) in [6, 6.07) is 0. The maximum Gasteiger partial charge on any atom is 0.348 e. The van der Waals surface area contributed by atoms with Crippen molar-refractivity contribution in [2.45, 2.75) is 32.8 Å². The molecule has 118 valence electrons. The molecule has 2 aromatic heterocycles. The average molecular weight is 321 g/mol. The lowest BCUT2D eigenvalue weighted by molar-refractivity contribution is 0.0531. The van der Waals surface area contributed by atoms with Crippen molar-refractivity contribution in [2.24, 2.45) is 0 Å². The molecule has 2 aromatic rings. The molecule has 1 unspecified atom stereocenters. The summed E-state index contributed by atoms with van der Waals surface area (Å²) in [4.78, 5) is 22.0. The van der Waals surface area contributed by atoms with Gasteiger partial charge in [0.15, 0.2) is 0 Å². The van der Waals surface area contributed by atoms with Crippen molar-refractivity contribution >= 4 is 33.3 Å². The van der Waals surface area contributed by atoms with Gasteiger partial charge in [-0.15, -0.1) is 11.3 Å². The summed E-state index contributed by atoms with van der Waals surface area (Å²) in [6.45, 7) is 5.62. The topological polar surface area (TPSA) is 73.3 Å². The zero-order chi connectivity index (χ0) is 15.5. The number of hydrogen-bond donors (Lipinski definition) is 1. The number of fused-ring (bicyclic) bond motifs is 1. The van der Waals surface area contributed by atoms with Crippen LogP contribution >= 0.6 is 11.3 Å². The zero-order valence-corrected chi connectivity index (χ0v) is 13.5. The molecule has 7 heteroatoms. The van der Waals surface area contributed by atoms with Crippen LogP contribution in [0.25, 0.3) is 10.2 Å². The summed E-state index contributed by atoms with van der Waals surface area (Å²) >= 11 is 1.35. The fourth-order valence-electron chi connectivity index (χ4n) is 2.61. The van der Waals surface area contributed by atoms with Crippen molar-refractivity contribution in [3.63, 3.8) is 0 Å². The molecule has 1 N–H and O–H groups in total. The summed E-state index contributed by atoms with van der Waals surface area (Å²) in [5.41, 5.74) is 0.869. The van der Waals surface area contributed by atoms with E-state index in [0.29, 0.717) is 11.5 Å². The number of aryl methyl sites for hydroxylation is 1. The first-order valence-electron chi connectivity index (χ1n) is 7.47. The van der Waals surface area contributed by atoms with Gasteiger partial charge in [0.1, 0.15) is 21.9 Å². The van der Waals surface area contributed by atoms with Crippen molar-refractivity contribution in [1.29, 1.82) is 0 Å². The molecule has 1 saturated heterocycles. The number of carbonyl (C=O) groups excluding carboxylic acids is 1. The minimum atomic E-state index is -0.298. The molecular weight excluding hydrogens is 302 g/mol. The van der Waals surface area contributed by atoms with Crippen molar-refractivity contribution in [2.75, 3.05) is 25.1 Å². The van der Waals surface area contributed by atoms with Crippen molar-refractivity contribution < 1.29 is 14.3 Å². The molecule has 1 fully saturated rings. The smallest absolute Gasteiger partial charge is 0.348 e. The SMILES string of the molecule is CCOC(=O)c1sc2ncnc(NCC3CCCO3)c2c1C. The lowest BCUT2D eigenvalue weighted by Gasteiger charge is -2.12. The Morgan fingerprint density at radius 1 is 1.55 bits per heavy atom. The summed E-state index contributed by atoms with van der Waals surface area (Å²) in [6.07, 6.45) is 3.92. The molecule has 1 atom stereocenters. The normalized spacial score (nSPS) is 17.8. The first kappa shape index (κ1) is 15.2. The number of nitrogens with zero attached hydrogens (tertiary/aromatic N) is 2. The molecule has 0 saturated carbocycles. The van der Waals surface area contributed by atoms with Gasteiger partial charge in [-0.25, -0.2) is 14.8 Å². The van der Waals surface area contributed by atoms with Gasteiger partial charge in [-0.1, -0.05) is 0 Å². The van der Waals surface area contributed by atoms with E-state index < -0.39 is 0 Å². The van der Waals surface area contributed by atoms with Crippen LogP contribution in [0.15, 0.2) is 6.33 Å². The van der Waals surface area contributed by atoms with Gasteiger partial charge in [0.2, 0.25) is 0 Å². The molecule has 0 amide bonds. The van der Waals surface area contributed by atoms with Gasteiger partial charge in [0, 0.05) is 13.2 Å². The third-order valence-corrected chi connectivity index (χ3v) is 4.89. The molecule has 0 aliphatic carbocycles. The number of esters is 1. The maximum atomic E-state index is 12.0. The Labute approximate surface area is 132 Å². The zero-order valence-electron chi connectivity index (χ0n) is 12.7. The molecule has 0 bridgehead atoms.